The second kappa shape index (κ2) is 9.74. The SMILES string of the molecule is COC(=O)Cc1ccc(CNC2CCC(NC(=O)OC(C)(C)C)CC2)cc1. The number of methoxy groups -OCH3 is 1. The molecule has 6 heteroatoms. The van der Waals surface area contributed by atoms with Gasteiger partial charge in [0.25, 0.3) is 0 Å². The molecule has 0 unspecified atom stereocenters. The van der Waals surface area contributed by atoms with E-state index in [1.54, 1.807) is 0 Å². The third-order valence-corrected chi connectivity index (χ3v) is 4.64. The Balaban J connectivity index is 1.68. The lowest BCUT2D eigenvalue weighted by Crippen LogP contribution is -2.43. The molecule has 1 aromatic rings. The molecule has 1 amide bonds. The maximum atomic E-state index is 11.9. The number of rotatable bonds is 6. The molecule has 1 saturated carbocycles. The molecule has 0 aromatic heterocycles. The van der Waals surface area contributed by atoms with E-state index in [4.69, 9.17) is 4.74 Å². The number of carbonyl (C=O) groups is 2. The van der Waals surface area contributed by atoms with Gasteiger partial charge in [0.05, 0.1) is 13.5 Å². The van der Waals surface area contributed by atoms with Gasteiger partial charge in [-0.25, -0.2) is 4.79 Å². The number of nitrogens with one attached hydrogen (secondary N) is 2. The maximum Gasteiger partial charge on any atom is 0.407 e. The minimum absolute atomic E-state index is 0.190. The number of carbonyl (C=O) groups excluding carboxylic acids is 2. The van der Waals surface area contributed by atoms with Gasteiger partial charge in [-0.1, -0.05) is 24.3 Å². The standard InChI is InChI=1S/C21H32N2O4/c1-21(2,3)27-20(25)23-18-11-9-17(10-12-18)22-14-16-7-5-15(6-8-16)13-19(24)26-4/h5-8,17-18,22H,9-14H2,1-4H3,(H,23,25). The topological polar surface area (TPSA) is 76.7 Å². The average molecular weight is 376 g/mol. The summed E-state index contributed by atoms with van der Waals surface area (Å²) in [5.74, 6) is -0.224. The normalized spacial score (nSPS) is 20.0. The molecule has 2 N–H and O–H groups in total. The van der Waals surface area contributed by atoms with Crippen LogP contribution >= 0.6 is 0 Å². The monoisotopic (exact) mass is 376 g/mol. The molecule has 0 spiro atoms. The van der Waals surface area contributed by atoms with E-state index in [0.29, 0.717) is 12.5 Å². The molecule has 0 atom stereocenters. The molecule has 0 aliphatic heterocycles. The molecule has 27 heavy (non-hydrogen) atoms. The van der Waals surface area contributed by atoms with Gasteiger partial charge in [-0.3, -0.25) is 4.79 Å². The summed E-state index contributed by atoms with van der Waals surface area (Å²) in [7, 11) is 1.40. The lowest BCUT2D eigenvalue weighted by atomic mass is 9.91. The fourth-order valence-corrected chi connectivity index (χ4v) is 3.19. The number of hydrogen-bond donors (Lipinski definition) is 2. The fourth-order valence-electron chi connectivity index (χ4n) is 3.19. The predicted octanol–water partition coefficient (Wildman–Crippen LogP) is 3.33. The van der Waals surface area contributed by atoms with Crippen molar-refractivity contribution in [2.45, 2.75) is 77.1 Å². The number of benzene rings is 1. The van der Waals surface area contributed by atoms with Crippen molar-refractivity contribution in [2.24, 2.45) is 0 Å². The van der Waals surface area contributed by atoms with Crippen molar-refractivity contribution < 1.29 is 19.1 Å². The van der Waals surface area contributed by atoms with Gasteiger partial charge in [-0.15, -0.1) is 0 Å². The molecule has 1 aromatic carbocycles. The molecule has 0 radical (unpaired) electrons. The summed E-state index contributed by atoms with van der Waals surface area (Å²) in [5.41, 5.74) is 1.69. The van der Waals surface area contributed by atoms with Gasteiger partial charge in [-0.2, -0.15) is 0 Å². The number of amides is 1. The first kappa shape index (κ1) is 21.2. The molecule has 1 aliphatic rings. The van der Waals surface area contributed by atoms with Crippen LogP contribution in [0.3, 0.4) is 0 Å². The zero-order valence-corrected chi connectivity index (χ0v) is 16.8. The van der Waals surface area contributed by atoms with Gasteiger partial charge < -0.3 is 20.1 Å². The van der Waals surface area contributed by atoms with Crippen LogP contribution in [0.1, 0.15) is 57.6 Å². The molecule has 1 fully saturated rings. The Hall–Kier alpha value is -2.08. The van der Waals surface area contributed by atoms with E-state index in [1.165, 1.54) is 12.7 Å². The first-order valence-electron chi connectivity index (χ1n) is 9.62. The molecular weight excluding hydrogens is 344 g/mol. The summed E-state index contributed by atoms with van der Waals surface area (Å²) in [5, 5.41) is 6.56. The first-order chi connectivity index (χ1) is 12.7. The smallest absolute Gasteiger partial charge is 0.407 e. The van der Waals surface area contributed by atoms with Gasteiger partial charge in [0.1, 0.15) is 5.60 Å². The van der Waals surface area contributed by atoms with Crippen LogP contribution < -0.4 is 10.6 Å². The van der Waals surface area contributed by atoms with Gasteiger partial charge in [0, 0.05) is 18.6 Å². The Labute approximate surface area is 162 Å². The fraction of sp³-hybridized carbons (Fsp3) is 0.619. The third-order valence-electron chi connectivity index (χ3n) is 4.64. The minimum Gasteiger partial charge on any atom is -0.469 e. The molecule has 0 heterocycles. The van der Waals surface area contributed by atoms with E-state index >= 15 is 0 Å². The number of ether oxygens (including phenoxy) is 2. The zero-order valence-electron chi connectivity index (χ0n) is 16.8. The lowest BCUT2D eigenvalue weighted by Gasteiger charge is -2.30. The van der Waals surface area contributed by atoms with Crippen LogP contribution in [0.15, 0.2) is 24.3 Å². The van der Waals surface area contributed by atoms with E-state index in [1.807, 2.05) is 45.0 Å². The van der Waals surface area contributed by atoms with E-state index in [0.717, 1.165) is 37.8 Å². The van der Waals surface area contributed by atoms with Crippen LogP contribution in [0.5, 0.6) is 0 Å². The summed E-state index contributed by atoms with van der Waals surface area (Å²) in [6, 6.07) is 8.67. The molecule has 0 bridgehead atoms. The van der Waals surface area contributed by atoms with Gasteiger partial charge in [0.15, 0.2) is 0 Å². The van der Waals surface area contributed by atoms with Crippen molar-refractivity contribution in [3.8, 4) is 0 Å². The quantitative estimate of drug-likeness (QED) is 0.745. The minimum atomic E-state index is -0.463. The molecule has 0 saturated heterocycles. The highest BCUT2D eigenvalue weighted by atomic mass is 16.6. The molecular formula is C21H32N2O4. The average Bonchev–Trinajstić information content (AvgIpc) is 2.60. The molecule has 150 valence electrons. The highest BCUT2D eigenvalue weighted by Gasteiger charge is 2.24. The van der Waals surface area contributed by atoms with Gasteiger partial charge >= 0.3 is 12.1 Å². The van der Waals surface area contributed by atoms with Crippen molar-refractivity contribution in [3.63, 3.8) is 0 Å². The number of hydrogen-bond acceptors (Lipinski definition) is 5. The number of esters is 1. The van der Waals surface area contributed by atoms with Crippen molar-refractivity contribution in [1.82, 2.24) is 10.6 Å². The van der Waals surface area contributed by atoms with Crippen LogP contribution in [-0.4, -0.2) is 36.9 Å². The highest BCUT2D eigenvalue weighted by molar-refractivity contribution is 5.72. The Bertz CT molecular complexity index is 614. The second-order valence-corrected chi connectivity index (χ2v) is 8.15. The van der Waals surface area contributed by atoms with E-state index in [9.17, 15) is 9.59 Å². The summed E-state index contributed by atoms with van der Waals surface area (Å²) in [6.45, 7) is 6.41. The Morgan fingerprint density at radius 3 is 2.11 bits per heavy atom. The first-order valence-corrected chi connectivity index (χ1v) is 9.62. The molecule has 2 rings (SSSR count). The Morgan fingerprint density at radius 1 is 1.00 bits per heavy atom. The third kappa shape index (κ3) is 7.99. The summed E-state index contributed by atoms with van der Waals surface area (Å²) in [4.78, 5) is 23.1. The van der Waals surface area contributed by atoms with Crippen molar-refractivity contribution >= 4 is 12.1 Å². The highest BCUT2D eigenvalue weighted by Crippen LogP contribution is 2.20. The van der Waals surface area contributed by atoms with E-state index in [-0.39, 0.29) is 18.1 Å². The van der Waals surface area contributed by atoms with E-state index in [2.05, 4.69) is 15.4 Å². The van der Waals surface area contributed by atoms with Gasteiger partial charge in [0.2, 0.25) is 0 Å². The van der Waals surface area contributed by atoms with Crippen LogP contribution in [0.2, 0.25) is 0 Å². The van der Waals surface area contributed by atoms with Crippen molar-refractivity contribution in [3.05, 3.63) is 35.4 Å². The predicted molar refractivity (Wildman–Crippen MR) is 104 cm³/mol. The molecule has 6 nitrogen and oxygen atoms in total. The van der Waals surface area contributed by atoms with Gasteiger partial charge in [-0.05, 0) is 57.6 Å². The Morgan fingerprint density at radius 2 is 1.56 bits per heavy atom. The Kier molecular flexibility index (Phi) is 7.66. The summed E-state index contributed by atoms with van der Waals surface area (Å²) >= 11 is 0. The maximum absolute atomic E-state index is 11.9. The van der Waals surface area contributed by atoms with Crippen LogP contribution in [-0.2, 0) is 27.2 Å². The second-order valence-electron chi connectivity index (χ2n) is 8.15. The summed E-state index contributed by atoms with van der Waals surface area (Å²) < 4.78 is 10.0. The van der Waals surface area contributed by atoms with Crippen LogP contribution in [0.4, 0.5) is 4.79 Å². The van der Waals surface area contributed by atoms with Crippen molar-refractivity contribution in [1.29, 1.82) is 0 Å². The van der Waals surface area contributed by atoms with E-state index < -0.39 is 5.60 Å². The summed E-state index contributed by atoms with van der Waals surface area (Å²) in [6.07, 6.45) is 3.94. The van der Waals surface area contributed by atoms with Crippen LogP contribution in [0, 0.1) is 0 Å². The molecule has 1 aliphatic carbocycles. The van der Waals surface area contributed by atoms with Crippen molar-refractivity contribution in [2.75, 3.05) is 7.11 Å². The zero-order chi connectivity index (χ0) is 19.9. The number of alkyl carbamates (subject to hydrolysis) is 1. The largest absolute Gasteiger partial charge is 0.469 e. The van der Waals surface area contributed by atoms with Crippen LogP contribution in [0.25, 0.3) is 0 Å². The lowest BCUT2D eigenvalue weighted by molar-refractivity contribution is -0.139.